The van der Waals surface area contributed by atoms with Crippen molar-refractivity contribution in [2.45, 2.75) is 6.04 Å². The van der Waals surface area contributed by atoms with Gasteiger partial charge in [-0.25, -0.2) is 14.5 Å². The minimum atomic E-state index is -1.11. The number of imidazole rings is 1. The van der Waals surface area contributed by atoms with Gasteiger partial charge in [-0.15, -0.1) is 5.10 Å². The van der Waals surface area contributed by atoms with E-state index in [1.165, 1.54) is 17.1 Å². The van der Waals surface area contributed by atoms with Gasteiger partial charge < -0.3 is 14.6 Å². The third kappa shape index (κ3) is 1.92. The first-order chi connectivity index (χ1) is 9.56. The Bertz CT molecular complexity index is 669. The van der Waals surface area contributed by atoms with Crippen LogP contribution < -0.4 is 0 Å². The van der Waals surface area contributed by atoms with E-state index in [1.54, 1.807) is 22.8 Å². The smallest absolute Gasteiger partial charge is 0.358 e. The average molecular weight is 276 g/mol. The van der Waals surface area contributed by atoms with Crippen molar-refractivity contribution in [1.82, 2.24) is 29.4 Å². The lowest BCUT2D eigenvalue weighted by Crippen LogP contribution is -2.51. The summed E-state index contributed by atoms with van der Waals surface area (Å²) >= 11 is 0. The molecule has 1 amide bonds. The van der Waals surface area contributed by atoms with E-state index in [4.69, 9.17) is 5.11 Å². The quantitative estimate of drug-likeness (QED) is 0.802. The van der Waals surface area contributed by atoms with E-state index in [0.717, 1.165) is 0 Å². The van der Waals surface area contributed by atoms with Crippen molar-refractivity contribution in [2.24, 2.45) is 7.05 Å². The topological polar surface area (TPSA) is 106 Å². The van der Waals surface area contributed by atoms with Gasteiger partial charge in [0, 0.05) is 20.1 Å². The minimum Gasteiger partial charge on any atom is -0.476 e. The van der Waals surface area contributed by atoms with Gasteiger partial charge in [0.05, 0.1) is 24.8 Å². The fourth-order valence-corrected chi connectivity index (χ4v) is 2.07. The minimum absolute atomic E-state index is 0.0345. The van der Waals surface area contributed by atoms with Crippen LogP contribution in [0.15, 0.2) is 18.7 Å². The molecule has 0 aromatic carbocycles. The third-order valence-corrected chi connectivity index (χ3v) is 3.29. The Labute approximate surface area is 113 Å². The van der Waals surface area contributed by atoms with Gasteiger partial charge in [-0.1, -0.05) is 5.21 Å². The number of aromatic nitrogens is 5. The molecule has 1 N–H and O–H groups in total. The number of nitrogens with zero attached hydrogens (tertiary/aromatic N) is 6. The third-order valence-electron chi connectivity index (χ3n) is 3.29. The van der Waals surface area contributed by atoms with Crippen molar-refractivity contribution >= 4 is 11.9 Å². The fraction of sp³-hybridized carbons (Fsp3) is 0.364. The van der Waals surface area contributed by atoms with Crippen LogP contribution in [-0.2, 0) is 7.05 Å². The summed E-state index contributed by atoms with van der Waals surface area (Å²) in [5.41, 5.74) is 0.426. The Kier molecular flexibility index (Phi) is 2.74. The molecule has 3 heterocycles. The first kappa shape index (κ1) is 12.3. The second-order valence-corrected chi connectivity index (χ2v) is 4.64. The van der Waals surface area contributed by atoms with Crippen molar-refractivity contribution in [3.63, 3.8) is 0 Å². The number of hydrogen-bond donors (Lipinski definition) is 1. The van der Waals surface area contributed by atoms with Gasteiger partial charge in [0.25, 0.3) is 5.91 Å². The molecule has 2 aromatic rings. The lowest BCUT2D eigenvalue weighted by atomic mass is 10.1. The molecule has 1 fully saturated rings. The number of carboxylic acids is 1. The summed E-state index contributed by atoms with van der Waals surface area (Å²) in [6.07, 6.45) is 4.47. The van der Waals surface area contributed by atoms with Gasteiger partial charge in [0.2, 0.25) is 0 Å². The maximum absolute atomic E-state index is 12.1. The molecular formula is C11H12N6O3. The molecule has 3 rings (SSSR count). The second kappa shape index (κ2) is 4.44. The number of hydrogen-bond acceptors (Lipinski definition) is 5. The lowest BCUT2D eigenvalue weighted by Gasteiger charge is -2.38. The number of aromatic carboxylic acids is 1. The van der Waals surface area contributed by atoms with Gasteiger partial charge in [0.15, 0.2) is 5.69 Å². The highest BCUT2D eigenvalue weighted by Crippen LogP contribution is 2.22. The van der Waals surface area contributed by atoms with Gasteiger partial charge in [-0.2, -0.15) is 0 Å². The van der Waals surface area contributed by atoms with E-state index in [9.17, 15) is 9.59 Å². The molecule has 0 bridgehead atoms. The average Bonchev–Trinajstić information content (AvgIpc) is 2.95. The Balaban J connectivity index is 1.65. The Morgan fingerprint density at radius 1 is 1.40 bits per heavy atom. The highest BCUT2D eigenvalue weighted by Gasteiger charge is 2.34. The van der Waals surface area contributed by atoms with Crippen LogP contribution in [0, 0.1) is 0 Å². The molecule has 0 saturated carbocycles. The number of rotatable bonds is 3. The zero-order valence-electron chi connectivity index (χ0n) is 10.7. The molecule has 2 aromatic heterocycles. The Morgan fingerprint density at radius 3 is 2.70 bits per heavy atom. The summed E-state index contributed by atoms with van der Waals surface area (Å²) in [5, 5.41) is 16.1. The van der Waals surface area contributed by atoms with Gasteiger partial charge >= 0.3 is 5.97 Å². The molecule has 1 aliphatic heterocycles. The number of likely N-dealkylation sites (tertiary alicyclic amines) is 1. The van der Waals surface area contributed by atoms with Crippen LogP contribution in [0.25, 0.3) is 0 Å². The van der Waals surface area contributed by atoms with Crippen molar-refractivity contribution < 1.29 is 14.7 Å². The van der Waals surface area contributed by atoms with E-state index in [-0.39, 0.29) is 17.6 Å². The normalized spacial score (nSPS) is 15.2. The van der Waals surface area contributed by atoms with E-state index in [0.29, 0.717) is 18.8 Å². The standard InChI is InChI=1S/C11H12N6O3/c1-15-6-12-2-9(15)10(18)16-3-7(4-16)17-5-8(11(19)20)13-14-17/h2,5-7H,3-4H2,1H3,(H,19,20). The number of carbonyl (C=O) groups is 2. The molecule has 0 radical (unpaired) electrons. The molecule has 0 aliphatic carbocycles. The zero-order chi connectivity index (χ0) is 14.3. The van der Waals surface area contributed by atoms with Crippen LogP contribution in [0.2, 0.25) is 0 Å². The lowest BCUT2D eigenvalue weighted by molar-refractivity contribution is 0.0487. The Hall–Kier alpha value is -2.71. The summed E-state index contributed by atoms with van der Waals surface area (Å²) in [4.78, 5) is 28.4. The summed E-state index contributed by atoms with van der Waals surface area (Å²) < 4.78 is 3.14. The van der Waals surface area contributed by atoms with Crippen LogP contribution in [0.1, 0.15) is 27.0 Å². The van der Waals surface area contributed by atoms with E-state index >= 15 is 0 Å². The van der Waals surface area contributed by atoms with E-state index < -0.39 is 5.97 Å². The van der Waals surface area contributed by atoms with Gasteiger partial charge in [-0.3, -0.25) is 4.79 Å². The first-order valence-electron chi connectivity index (χ1n) is 5.97. The number of aryl methyl sites for hydroxylation is 1. The fourth-order valence-electron chi connectivity index (χ4n) is 2.07. The van der Waals surface area contributed by atoms with Crippen LogP contribution >= 0.6 is 0 Å². The molecular weight excluding hydrogens is 264 g/mol. The monoisotopic (exact) mass is 276 g/mol. The van der Waals surface area contributed by atoms with Crippen molar-refractivity contribution in [1.29, 1.82) is 0 Å². The highest BCUT2D eigenvalue weighted by atomic mass is 16.4. The molecule has 9 heteroatoms. The van der Waals surface area contributed by atoms with Crippen LogP contribution in [0.3, 0.4) is 0 Å². The molecule has 20 heavy (non-hydrogen) atoms. The number of amides is 1. The highest BCUT2D eigenvalue weighted by molar-refractivity contribution is 5.93. The molecule has 104 valence electrons. The largest absolute Gasteiger partial charge is 0.476 e. The number of carboxylic acid groups (broad SMARTS) is 1. The van der Waals surface area contributed by atoms with Crippen LogP contribution in [0.4, 0.5) is 0 Å². The van der Waals surface area contributed by atoms with Crippen molar-refractivity contribution in [3.8, 4) is 0 Å². The van der Waals surface area contributed by atoms with E-state index in [1.807, 2.05) is 0 Å². The summed E-state index contributed by atoms with van der Waals surface area (Å²) in [5.74, 6) is -1.21. The molecule has 0 unspecified atom stereocenters. The zero-order valence-corrected chi connectivity index (χ0v) is 10.7. The molecule has 1 saturated heterocycles. The summed E-state index contributed by atoms with van der Waals surface area (Å²) in [7, 11) is 1.76. The molecule has 9 nitrogen and oxygen atoms in total. The molecule has 0 atom stereocenters. The second-order valence-electron chi connectivity index (χ2n) is 4.64. The van der Waals surface area contributed by atoms with Crippen molar-refractivity contribution in [3.05, 3.63) is 30.1 Å². The number of carbonyl (C=O) groups excluding carboxylic acids is 1. The van der Waals surface area contributed by atoms with Crippen molar-refractivity contribution in [2.75, 3.05) is 13.1 Å². The predicted molar refractivity (Wildman–Crippen MR) is 65.1 cm³/mol. The molecule has 1 aliphatic rings. The summed E-state index contributed by atoms with van der Waals surface area (Å²) in [6, 6.07) is -0.0345. The van der Waals surface area contributed by atoms with Gasteiger partial charge in [-0.05, 0) is 0 Å². The van der Waals surface area contributed by atoms with Gasteiger partial charge in [0.1, 0.15) is 5.69 Å². The SMILES string of the molecule is Cn1cncc1C(=O)N1CC(n2cc(C(=O)O)nn2)C1. The predicted octanol–water partition coefficient (Wildman–Crippen LogP) is -0.593. The van der Waals surface area contributed by atoms with Crippen LogP contribution in [0.5, 0.6) is 0 Å². The molecule has 0 spiro atoms. The summed E-state index contributed by atoms with van der Waals surface area (Å²) in [6.45, 7) is 0.957. The maximum Gasteiger partial charge on any atom is 0.358 e. The maximum atomic E-state index is 12.1. The van der Waals surface area contributed by atoms with Crippen LogP contribution in [-0.4, -0.2) is 59.5 Å². The van der Waals surface area contributed by atoms with E-state index in [2.05, 4.69) is 15.3 Å². The Morgan fingerprint density at radius 2 is 2.15 bits per heavy atom. The first-order valence-corrected chi connectivity index (χ1v) is 5.97.